The standard InChI is InChI=1S/C19H21NO2/c1-20-12-6-11-19-15-9-4-2-7-13(15)17(21)18(22-19)14-8-3-5-10-16(14)19/h2-5,7-10,17-18,20-21H,6,11-12H2,1H3/t17-,18+,19-/m1/s1. The Bertz CT molecular complexity index is 699. The second kappa shape index (κ2) is 5.20. The predicted octanol–water partition coefficient (Wildman–Crippen LogP) is 3.05. The number of aliphatic hydroxyl groups excluding tert-OH is 1. The van der Waals surface area contributed by atoms with Gasteiger partial charge in [-0.2, -0.15) is 0 Å². The quantitative estimate of drug-likeness (QED) is 0.852. The number of aliphatic hydroxyl groups is 1. The SMILES string of the molecule is CNCCC[C@]12O[C@@H](c3ccccc31)[C@H](O)c1ccccc12. The summed E-state index contributed by atoms with van der Waals surface area (Å²) in [5, 5.41) is 14.0. The molecule has 0 amide bonds. The van der Waals surface area contributed by atoms with Crippen molar-refractivity contribution in [2.75, 3.05) is 13.6 Å². The summed E-state index contributed by atoms with van der Waals surface area (Å²) < 4.78 is 6.46. The first-order valence-corrected chi connectivity index (χ1v) is 7.97. The maximum absolute atomic E-state index is 10.7. The average molecular weight is 295 g/mol. The molecule has 3 nitrogen and oxygen atoms in total. The minimum Gasteiger partial charge on any atom is -0.385 e. The van der Waals surface area contributed by atoms with Crippen LogP contribution < -0.4 is 5.32 Å². The lowest BCUT2D eigenvalue weighted by molar-refractivity contribution is -0.123. The van der Waals surface area contributed by atoms with Crippen molar-refractivity contribution in [2.24, 2.45) is 0 Å². The van der Waals surface area contributed by atoms with Gasteiger partial charge in [-0.15, -0.1) is 0 Å². The molecule has 2 aromatic rings. The molecule has 3 heteroatoms. The number of nitrogens with one attached hydrogen (secondary N) is 1. The lowest BCUT2D eigenvalue weighted by Crippen LogP contribution is -2.34. The molecular weight excluding hydrogens is 274 g/mol. The van der Waals surface area contributed by atoms with E-state index in [4.69, 9.17) is 4.74 Å². The summed E-state index contributed by atoms with van der Waals surface area (Å²) >= 11 is 0. The van der Waals surface area contributed by atoms with E-state index in [1.165, 1.54) is 5.56 Å². The van der Waals surface area contributed by atoms with Crippen LogP contribution in [0.1, 0.15) is 47.3 Å². The van der Waals surface area contributed by atoms with Crippen LogP contribution in [0.15, 0.2) is 48.5 Å². The topological polar surface area (TPSA) is 41.5 Å². The number of benzene rings is 2. The summed E-state index contributed by atoms with van der Waals surface area (Å²) in [5.74, 6) is 0. The van der Waals surface area contributed by atoms with Gasteiger partial charge in [0.05, 0.1) is 0 Å². The van der Waals surface area contributed by atoms with Gasteiger partial charge in [-0.25, -0.2) is 0 Å². The van der Waals surface area contributed by atoms with Crippen molar-refractivity contribution in [3.63, 3.8) is 0 Å². The maximum atomic E-state index is 10.7. The molecule has 0 aromatic heterocycles. The molecule has 0 unspecified atom stereocenters. The summed E-state index contributed by atoms with van der Waals surface area (Å²) in [6, 6.07) is 16.5. The first kappa shape index (κ1) is 13.9. The molecule has 4 rings (SSSR count). The third-order valence-corrected chi connectivity index (χ3v) is 4.99. The highest BCUT2D eigenvalue weighted by Crippen LogP contribution is 2.58. The van der Waals surface area contributed by atoms with E-state index in [0.29, 0.717) is 0 Å². The minimum atomic E-state index is -0.586. The van der Waals surface area contributed by atoms with Crippen molar-refractivity contribution < 1.29 is 9.84 Å². The van der Waals surface area contributed by atoms with Gasteiger partial charge in [0.1, 0.15) is 17.8 Å². The van der Waals surface area contributed by atoms with Crippen molar-refractivity contribution in [3.8, 4) is 0 Å². The summed E-state index contributed by atoms with van der Waals surface area (Å²) in [6.45, 7) is 0.961. The van der Waals surface area contributed by atoms with Crippen LogP contribution >= 0.6 is 0 Å². The molecule has 0 radical (unpaired) electrons. The molecule has 0 fully saturated rings. The zero-order valence-electron chi connectivity index (χ0n) is 12.8. The van der Waals surface area contributed by atoms with E-state index in [9.17, 15) is 5.11 Å². The molecule has 2 N–H and O–H groups in total. The Morgan fingerprint density at radius 1 is 1.05 bits per heavy atom. The van der Waals surface area contributed by atoms with Gasteiger partial charge in [0.2, 0.25) is 0 Å². The van der Waals surface area contributed by atoms with Gasteiger partial charge in [0.25, 0.3) is 0 Å². The fourth-order valence-corrected chi connectivity index (χ4v) is 4.03. The first-order chi connectivity index (χ1) is 10.8. The first-order valence-electron chi connectivity index (χ1n) is 7.97. The van der Waals surface area contributed by atoms with E-state index in [0.717, 1.165) is 36.1 Å². The molecule has 0 aliphatic carbocycles. The predicted molar refractivity (Wildman–Crippen MR) is 85.6 cm³/mol. The van der Waals surface area contributed by atoms with E-state index in [1.807, 2.05) is 31.3 Å². The maximum Gasteiger partial charge on any atom is 0.120 e. The Kier molecular flexibility index (Phi) is 3.30. The molecule has 2 aromatic carbocycles. The highest BCUT2D eigenvalue weighted by molar-refractivity contribution is 5.53. The molecule has 2 aliphatic heterocycles. The van der Waals surface area contributed by atoms with E-state index in [-0.39, 0.29) is 6.10 Å². The second-order valence-electron chi connectivity index (χ2n) is 6.19. The highest BCUT2D eigenvalue weighted by atomic mass is 16.5. The molecule has 0 saturated carbocycles. The molecule has 0 spiro atoms. The van der Waals surface area contributed by atoms with Crippen molar-refractivity contribution in [2.45, 2.75) is 30.7 Å². The average Bonchev–Trinajstić information content (AvgIpc) is 2.87. The summed E-state index contributed by atoms with van der Waals surface area (Å²) in [7, 11) is 1.97. The Morgan fingerprint density at radius 3 is 2.41 bits per heavy atom. The molecule has 2 heterocycles. The van der Waals surface area contributed by atoms with Crippen molar-refractivity contribution in [3.05, 3.63) is 70.8 Å². The smallest absolute Gasteiger partial charge is 0.120 e. The van der Waals surface area contributed by atoms with Crippen LogP contribution in [0.25, 0.3) is 0 Å². The van der Waals surface area contributed by atoms with E-state index < -0.39 is 11.7 Å². The largest absolute Gasteiger partial charge is 0.385 e. The fraction of sp³-hybridized carbons (Fsp3) is 0.368. The molecule has 2 bridgehead atoms. The minimum absolute atomic E-state index is 0.249. The monoisotopic (exact) mass is 295 g/mol. The third kappa shape index (κ3) is 1.80. The Morgan fingerprint density at radius 2 is 1.68 bits per heavy atom. The van der Waals surface area contributed by atoms with Crippen LogP contribution in [-0.4, -0.2) is 18.7 Å². The fourth-order valence-electron chi connectivity index (χ4n) is 4.03. The zero-order chi connectivity index (χ0) is 15.2. The molecule has 3 atom stereocenters. The van der Waals surface area contributed by atoms with Gasteiger partial charge in [0, 0.05) is 0 Å². The van der Waals surface area contributed by atoms with E-state index in [1.54, 1.807) is 0 Å². The van der Waals surface area contributed by atoms with Crippen LogP contribution in [-0.2, 0) is 10.3 Å². The number of hydrogen-bond donors (Lipinski definition) is 2. The lowest BCUT2D eigenvalue weighted by Gasteiger charge is -2.39. The molecule has 2 aliphatic rings. The van der Waals surface area contributed by atoms with Crippen LogP contribution in [0.5, 0.6) is 0 Å². The Hall–Kier alpha value is -1.68. The van der Waals surface area contributed by atoms with E-state index >= 15 is 0 Å². The molecule has 114 valence electrons. The van der Waals surface area contributed by atoms with Crippen LogP contribution in [0.4, 0.5) is 0 Å². The van der Waals surface area contributed by atoms with Crippen molar-refractivity contribution in [1.29, 1.82) is 0 Å². The van der Waals surface area contributed by atoms with Crippen LogP contribution in [0.2, 0.25) is 0 Å². The van der Waals surface area contributed by atoms with Gasteiger partial charge >= 0.3 is 0 Å². The second-order valence-corrected chi connectivity index (χ2v) is 6.19. The number of ether oxygens (including phenoxy) is 1. The van der Waals surface area contributed by atoms with Gasteiger partial charge in [-0.3, -0.25) is 0 Å². The number of hydrogen-bond acceptors (Lipinski definition) is 3. The number of fused-ring (bicyclic) bond motifs is 7. The molecule has 0 saturated heterocycles. The third-order valence-electron chi connectivity index (χ3n) is 4.99. The van der Waals surface area contributed by atoms with Gasteiger partial charge in [-0.1, -0.05) is 48.5 Å². The molecular formula is C19H21NO2. The highest BCUT2D eigenvalue weighted by Gasteiger charge is 2.53. The van der Waals surface area contributed by atoms with Crippen LogP contribution in [0.3, 0.4) is 0 Å². The Balaban J connectivity index is 1.90. The van der Waals surface area contributed by atoms with Crippen LogP contribution in [0, 0.1) is 0 Å². The van der Waals surface area contributed by atoms with Crippen molar-refractivity contribution in [1.82, 2.24) is 5.32 Å². The van der Waals surface area contributed by atoms with E-state index in [2.05, 4.69) is 29.6 Å². The summed E-state index contributed by atoms with van der Waals surface area (Å²) in [4.78, 5) is 0. The number of rotatable bonds is 4. The lowest BCUT2D eigenvalue weighted by atomic mass is 9.80. The van der Waals surface area contributed by atoms with Gasteiger partial charge in [0.15, 0.2) is 0 Å². The molecule has 22 heavy (non-hydrogen) atoms. The van der Waals surface area contributed by atoms with Gasteiger partial charge in [-0.05, 0) is 48.7 Å². The normalized spacial score (nSPS) is 28.3. The van der Waals surface area contributed by atoms with Crippen molar-refractivity contribution >= 4 is 0 Å². The van der Waals surface area contributed by atoms with Gasteiger partial charge < -0.3 is 15.2 Å². The Labute approximate surface area is 130 Å². The zero-order valence-corrected chi connectivity index (χ0v) is 12.8. The summed E-state index contributed by atoms with van der Waals surface area (Å²) in [5.41, 5.74) is 4.09. The summed E-state index contributed by atoms with van der Waals surface area (Å²) in [6.07, 6.45) is 1.12.